The predicted molar refractivity (Wildman–Crippen MR) is 55.0 cm³/mol. The van der Waals surface area contributed by atoms with E-state index in [4.69, 9.17) is 4.74 Å². The maximum absolute atomic E-state index is 5.02. The van der Waals surface area contributed by atoms with Gasteiger partial charge in [0.05, 0.1) is 0 Å². The molecule has 0 bridgehead atoms. The molecule has 3 nitrogen and oxygen atoms in total. The Hall–Kier alpha value is -0.120. The number of piperazine rings is 1. The molecule has 0 saturated carbocycles. The molecule has 0 aromatic heterocycles. The first kappa shape index (κ1) is 11.0. The molecule has 78 valence electrons. The van der Waals surface area contributed by atoms with E-state index >= 15 is 0 Å². The van der Waals surface area contributed by atoms with E-state index in [0.717, 1.165) is 6.61 Å². The second-order valence-electron chi connectivity index (χ2n) is 3.84. The topological polar surface area (TPSA) is 15.7 Å². The van der Waals surface area contributed by atoms with Gasteiger partial charge in [-0.25, -0.2) is 0 Å². The summed E-state index contributed by atoms with van der Waals surface area (Å²) in [6.45, 7) is 7.09. The Morgan fingerprint density at radius 2 is 1.77 bits per heavy atom. The molecule has 1 fully saturated rings. The fourth-order valence-corrected chi connectivity index (χ4v) is 1.65. The number of nitrogens with zero attached hydrogens (tertiary/aromatic N) is 2. The van der Waals surface area contributed by atoms with Gasteiger partial charge in [-0.15, -0.1) is 0 Å². The molecule has 0 unspecified atom stereocenters. The zero-order valence-corrected chi connectivity index (χ0v) is 8.96. The lowest BCUT2D eigenvalue weighted by Gasteiger charge is -2.32. The summed E-state index contributed by atoms with van der Waals surface area (Å²) in [6.07, 6.45) is 2.47. The zero-order chi connectivity index (χ0) is 9.52. The Morgan fingerprint density at radius 3 is 2.38 bits per heavy atom. The predicted octanol–water partition coefficient (Wildman–Crippen LogP) is 0.660. The molecule has 0 N–H and O–H groups in total. The summed E-state index contributed by atoms with van der Waals surface area (Å²) in [5.74, 6) is 0. The summed E-state index contributed by atoms with van der Waals surface area (Å²) >= 11 is 0. The monoisotopic (exact) mass is 186 g/mol. The third kappa shape index (κ3) is 4.60. The Bertz CT molecular complexity index is 122. The lowest BCUT2D eigenvalue weighted by Crippen LogP contribution is -2.44. The highest BCUT2D eigenvalue weighted by atomic mass is 16.5. The van der Waals surface area contributed by atoms with Crippen molar-refractivity contribution < 1.29 is 4.74 Å². The average molecular weight is 186 g/mol. The first-order valence-electron chi connectivity index (χ1n) is 5.23. The highest BCUT2D eigenvalue weighted by molar-refractivity contribution is 4.68. The molecule has 0 atom stereocenters. The minimum absolute atomic E-state index is 0.910. The number of likely N-dealkylation sites (N-methyl/N-ethyl adjacent to an activating group) is 1. The van der Waals surface area contributed by atoms with Gasteiger partial charge in [0.1, 0.15) is 0 Å². The molecule has 0 aliphatic carbocycles. The van der Waals surface area contributed by atoms with E-state index in [9.17, 15) is 0 Å². The van der Waals surface area contributed by atoms with Crippen molar-refractivity contribution >= 4 is 0 Å². The lowest BCUT2D eigenvalue weighted by atomic mass is 10.2. The Balaban J connectivity index is 1.96. The van der Waals surface area contributed by atoms with E-state index < -0.39 is 0 Å². The van der Waals surface area contributed by atoms with E-state index in [1.807, 2.05) is 0 Å². The summed E-state index contributed by atoms with van der Waals surface area (Å²) < 4.78 is 5.02. The molecular formula is C10H22N2O. The fourth-order valence-electron chi connectivity index (χ4n) is 1.65. The average Bonchev–Trinajstić information content (AvgIpc) is 2.15. The first-order chi connectivity index (χ1) is 6.33. The SMILES string of the molecule is COCCCCN1CCN(C)CC1. The maximum Gasteiger partial charge on any atom is 0.0462 e. The number of methoxy groups -OCH3 is 1. The quantitative estimate of drug-likeness (QED) is 0.587. The molecule has 0 spiro atoms. The summed E-state index contributed by atoms with van der Waals surface area (Å²) in [6, 6.07) is 0. The van der Waals surface area contributed by atoms with Gasteiger partial charge < -0.3 is 14.5 Å². The van der Waals surface area contributed by atoms with Gasteiger partial charge in [-0.2, -0.15) is 0 Å². The van der Waals surface area contributed by atoms with Crippen molar-refractivity contribution in [2.75, 3.05) is 53.5 Å². The van der Waals surface area contributed by atoms with Crippen molar-refractivity contribution in [3.63, 3.8) is 0 Å². The Kier molecular flexibility index (Phi) is 5.35. The number of rotatable bonds is 5. The number of ether oxygens (including phenoxy) is 1. The normalized spacial score (nSPS) is 20.8. The smallest absolute Gasteiger partial charge is 0.0462 e. The summed E-state index contributed by atoms with van der Waals surface area (Å²) in [5.41, 5.74) is 0. The van der Waals surface area contributed by atoms with Gasteiger partial charge in [-0.1, -0.05) is 0 Å². The van der Waals surface area contributed by atoms with Crippen molar-refractivity contribution in [1.29, 1.82) is 0 Å². The van der Waals surface area contributed by atoms with Crippen molar-refractivity contribution in [1.82, 2.24) is 9.80 Å². The molecule has 3 heteroatoms. The van der Waals surface area contributed by atoms with Crippen LogP contribution in [0, 0.1) is 0 Å². The molecule has 1 rings (SSSR count). The highest BCUT2D eigenvalue weighted by Crippen LogP contribution is 2.01. The third-order valence-electron chi connectivity index (χ3n) is 2.67. The van der Waals surface area contributed by atoms with Gasteiger partial charge in [-0.3, -0.25) is 0 Å². The van der Waals surface area contributed by atoms with Gasteiger partial charge >= 0.3 is 0 Å². The van der Waals surface area contributed by atoms with Crippen molar-refractivity contribution in [2.45, 2.75) is 12.8 Å². The van der Waals surface area contributed by atoms with Crippen molar-refractivity contribution in [3.8, 4) is 0 Å². The van der Waals surface area contributed by atoms with Gasteiger partial charge in [0.25, 0.3) is 0 Å². The third-order valence-corrected chi connectivity index (χ3v) is 2.67. The van der Waals surface area contributed by atoms with E-state index in [-0.39, 0.29) is 0 Å². The van der Waals surface area contributed by atoms with Crippen LogP contribution in [-0.4, -0.2) is 63.3 Å². The second kappa shape index (κ2) is 6.35. The molecule has 0 aromatic rings. The molecule has 0 radical (unpaired) electrons. The first-order valence-corrected chi connectivity index (χ1v) is 5.23. The molecule has 0 amide bonds. The van der Waals surface area contributed by atoms with Gasteiger partial charge in [0.15, 0.2) is 0 Å². The van der Waals surface area contributed by atoms with Crippen LogP contribution in [0.4, 0.5) is 0 Å². The van der Waals surface area contributed by atoms with Crippen LogP contribution in [0.5, 0.6) is 0 Å². The highest BCUT2D eigenvalue weighted by Gasteiger charge is 2.12. The molecular weight excluding hydrogens is 164 g/mol. The molecule has 13 heavy (non-hydrogen) atoms. The van der Waals surface area contributed by atoms with Crippen LogP contribution < -0.4 is 0 Å². The van der Waals surface area contributed by atoms with Crippen LogP contribution in [0.1, 0.15) is 12.8 Å². The van der Waals surface area contributed by atoms with E-state index in [1.165, 1.54) is 45.6 Å². The minimum Gasteiger partial charge on any atom is -0.385 e. The van der Waals surface area contributed by atoms with Crippen LogP contribution in [0.25, 0.3) is 0 Å². The van der Waals surface area contributed by atoms with E-state index in [1.54, 1.807) is 7.11 Å². The lowest BCUT2D eigenvalue weighted by molar-refractivity contribution is 0.143. The van der Waals surface area contributed by atoms with Crippen LogP contribution >= 0.6 is 0 Å². The molecule has 1 heterocycles. The fraction of sp³-hybridized carbons (Fsp3) is 1.00. The molecule has 1 aliphatic heterocycles. The van der Waals surface area contributed by atoms with Crippen LogP contribution in [0.3, 0.4) is 0 Å². The Labute approximate surface area is 81.7 Å². The molecule has 0 aromatic carbocycles. The van der Waals surface area contributed by atoms with Crippen molar-refractivity contribution in [2.24, 2.45) is 0 Å². The number of hydrogen-bond acceptors (Lipinski definition) is 3. The van der Waals surface area contributed by atoms with Gasteiger partial charge in [-0.05, 0) is 26.4 Å². The van der Waals surface area contributed by atoms with E-state index in [2.05, 4.69) is 16.8 Å². The van der Waals surface area contributed by atoms with Gasteiger partial charge in [0, 0.05) is 39.9 Å². The summed E-state index contributed by atoms with van der Waals surface area (Å²) in [4.78, 5) is 4.95. The summed E-state index contributed by atoms with van der Waals surface area (Å²) in [5, 5.41) is 0. The second-order valence-corrected chi connectivity index (χ2v) is 3.84. The van der Waals surface area contributed by atoms with E-state index in [0.29, 0.717) is 0 Å². The van der Waals surface area contributed by atoms with Crippen LogP contribution in [0.2, 0.25) is 0 Å². The minimum atomic E-state index is 0.910. The maximum atomic E-state index is 5.02. The van der Waals surface area contributed by atoms with Crippen molar-refractivity contribution in [3.05, 3.63) is 0 Å². The number of unbranched alkanes of at least 4 members (excludes halogenated alkanes) is 1. The largest absolute Gasteiger partial charge is 0.385 e. The van der Waals surface area contributed by atoms with Crippen LogP contribution in [-0.2, 0) is 4.74 Å². The van der Waals surface area contributed by atoms with Gasteiger partial charge in [0.2, 0.25) is 0 Å². The summed E-state index contributed by atoms with van der Waals surface area (Å²) in [7, 11) is 3.97. The number of hydrogen-bond donors (Lipinski definition) is 0. The molecule has 1 saturated heterocycles. The molecule has 1 aliphatic rings. The Morgan fingerprint density at radius 1 is 1.08 bits per heavy atom. The zero-order valence-electron chi connectivity index (χ0n) is 8.96. The standard InChI is InChI=1S/C10H22N2O/c1-11-6-8-12(9-7-11)5-3-4-10-13-2/h3-10H2,1-2H3. The van der Waals surface area contributed by atoms with Crippen LogP contribution in [0.15, 0.2) is 0 Å².